The van der Waals surface area contributed by atoms with Gasteiger partial charge in [0.1, 0.15) is 6.04 Å². The molecule has 0 spiro atoms. The molecule has 1 amide bonds. The van der Waals surface area contributed by atoms with Crippen LogP contribution in [0.25, 0.3) is 0 Å². The lowest BCUT2D eigenvalue weighted by Gasteiger charge is -2.33. The highest BCUT2D eigenvalue weighted by Gasteiger charge is 2.31. The van der Waals surface area contributed by atoms with E-state index in [2.05, 4.69) is 41.3 Å². The standard InChI is InChI=1S/C17H21N3O3/c1-2-13-3-5-14(6-4-13)7-8-16(21)20-9-10-22-11-15(20)17-18-12-23-19-17/h3-6,12,15H,2,7-11H2,1H3/t15-/m1/s1. The molecule has 1 aromatic heterocycles. The van der Waals surface area contributed by atoms with Crippen molar-refractivity contribution in [2.24, 2.45) is 0 Å². The quantitative estimate of drug-likeness (QED) is 0.846. The van der Waals surface area contributed by atoms with Crippen LogP contribution < -0.4 is 0 Å². The topological polar surface area (TPSA) is 68.5 Å². The van der Waals surface area contributed by atoms with E-state index in [1.165, 1.54) is 17.5 Å². The molecule has 23 heavy (non-hydrogen) atoms. The van der Waals surface area contributed by atoms with Crippen molar-refractivity contribution in [1.29, 1.82) is 0 Å². The molecule has 6 heteroatoms. The van der Waals surface area contributed by atoms with Crippen molar-refractivity contribution in [2.45, 2.75) is 32.2 Å². The van der Waals surface area contributed by atoms with Gasteiger partial charge < -0.3 is 14.2 Å². The Kier molecular flexibility index (Phi) is 5.02. The number of aromatic nitrogens is 2. The van der Waals surface area contributed by atoms with E-state index in [1.54, 1.807) is 4.90 Å². The van der Waals surface area contributed by atoms with Gasteiger partial charge >= 0.3 is 0 Å². The summed E-state index contributed by atoms with van der Waals surface area (Å²) in [6.45, 7) is 3.66. The number of nitrogens with zero attached hydrogens (tertiary/aromatic N) is 3. The summed E-state index contributed by atoms with van der Waals surface area (Å²) in [5.41, 5.74) is 2.49. The fraction of sp³-hybridized carbons (Fsp3) is 0.471. The Bertz CT molecular complexity index is 625. The van der Waals surface area contributed by atoms with E-state index in [0.29, 0.717) is 32.0 Å². The van der Waals surface area contributed by atoms with Gasteiger partial charge in [-0.05, 0) is 24.0 Å². The summed E-state index contributed by atoms with van der Waals surface area (Å²) >= 11 is 0. The first-order valence-corrected chi connectivity index (χ1v) is 7.99. The minimum absolute atomic E-state index is 0.0997. The second-order valence-electron chi connectivity index (χ2n) is 5.64. The van der Waals surface area contributed by atoms with Gasteiger partial charge in [0, 0.05) is 13.0 Å². The number of hydrogen-bond donors (Lipinski definition) is 0. The molecule has 2 aromatic rings. The predicted molar refractivity (Wildman–Crippen MR) is 83.7 cm³/mol. The Hall–Kier alpha value is -2.21. The highest BCUT2D eigenvalue weighted by Crippen LogP contribution is 2.22. The van der Waals surface area contributed by atoms with Crippen molar-refractivity contribution in [3.63, 3.8) is 0 Å². The molecule has 1 fully saturated rings. The lowest BCUT2D eigenvalue weighted by Crippen LogP contribution is -2.43. The van der Waals surface area contributed by atoms with Crippen LogP contribution in [0.4, 0.5) is 0 Å². The molecule has 0 unspecified atom stereocenters. The second kappa shape index (κ2) is 7.37. The lowest BCUT2D eigenvalue weighted by molar-refractivity contribution is -0.140. The summed E-state index contributed by atoms with van der Waals surface area (Å²) in [6.07, 6.45) is 3.51. The van der Waals surface area contributed by atoms with E-state index < -0.39 is 0 Å². The van der Waals surface area contributed by atoms with Gasteiger partial charge in [-0.25, -0.2) is 0 Å². The molecule has 1 aliphatic heterocycles. The molecule has 0 aliphatic carbocycles. The molecule has 1 saturated heterocycles. The monoisotopic (exact) mass is 315 g/mol. The highest BCUT2D eigenvalue weighted by molar-refractivity contribution is 5.77. The Morgan fingerprint density at radius 3 is 2.78 bits per heavy atom. The summed E-state index contributed by atoms with van der Waals surface area (Å²) in [7, 11) is 0. The van der Waals surface area contributed by atoms with E-state index in [9.17, 15) is 4.79 Å². The molecule has 1 aromatic carbocycles. The van der Waals surface area contributed by atoms with Gasteiger partial charge in [0.2, 0.25) is 12.3 Å². The summed E-state index contributed by atoms with van der Waals surface area (Å²) < 4.78 is 10.3. The van der Waals surface area contributed by atoms with Gasteiger partial charge in [-0.15, -0.1) is 0 Å². The fourth-order valence-electron chi connectivity index (χ4n) is 2.78. The van der Waals surface area contributed by atoms with Crippen LogP contribution in [0.5, 0.6) is 0 Å². The molecule has 0 radical (unpaired) electrons. The molecular formula is C17H21N3O3. The van der Waals surface area contributed by atoms with Crippen LogP contribution in [0.15, 0.2) is 35.2 Å². The number of benzene rings is 1. The van der Waals surface area contributed by atoms with Crippen molar-refractivity contribution in [3.8, 4) is 0 Å². The van der Waals surface area contributed by atoms with Gasteiger partial charge in [-0.2, -0.15) is 4.98 Å². The van der Waals surface area contributed by atoms with Crippen LogP contribution in [-0.4, -0.2) is 40.7 Å². The Labute approximate surface area is 135 Å². The SMILES string of the molecule is CCc1ccc(CCC(=O)N2CCOC[C@@H]2c2ncon2)cc1. The first kappa shape index (κ1) is 15.7. The zero-order chi connectivity index (χ0) is 16.1. The zero-order valence-corrected chi connectivity index (χ0v) is 13.3. The van der Waals surface area contributed by atoms with Gasteiger partial charge in [-0.1, -0.05) is 36.3 Å². The van der Waals surface area contributed by atoms with Crippen LogP contribution in [0, 0.1) is 0 Å². The van der Waals surface area contributed by atoms with Crippen LogP contribution >= 0.6 is 0 Å². The van der Waals surface area contributed by atoms with E-state index in [1.807, 2.05) is 0 Å². The van der Waals surface area contributed by atoms with Crippen molar-refractivity contribution in [3.05, 3.63) is 47.6 Å². The minimum atomic E-state index is -0.252. The normalized spacial score (nSPS) is 18.1. The third-order valence-electron chi connectivity index (χ3n) is 4.18. The maximum atomic E-state index is 12.6. The molecule has 1 aliphatic rings. The number of carbonyl (C=O) groups excluding carboxylic acids is 1. The van der Waals surface area contributed by atoms with E-state index >= 15 is 0 Å². The molecule has 1 atom stereocenters. The third kappa shape index (κ3) is 3.76. The van der Waals surface area contributed by atoms with E-state index in [0.717, 1.165) is 12.8 Å². The largest absolute Gasteiger partial charge is 0.377 e. The first-order valence-electron chi connectivity index (χ1n) is 7.99. The molecular weight excluding hydrogens is 294 g/mol. The zero-order valence-electron chi connectivity index (χ0n) is 13.3. The highest BCUT2D eigenvalue weighted by atomic mass is 16.5. The van der Waals surface area contributed by atoms with Crippen molar-refractivity contribution in [1.82, 2.24) is 15.0 Å². The molecule has 0 bridgehead atoms. The number of carbonyl (C=O) groups is 1. The molecule has 2 heterocycles. The maximum absolute atomic E-state index is 12.6. The second-order valence-corrected chi connectivity index (χ2v) is 5.64. The molecule has 3 rings (SSSR count). The number of aryl methyl sites for hydroxylation is 2. The Morgan fingerprint density at radius 2 is 2.09 bits per heavy atom. The Morgan fingerprint density at radius 1 is 1.30 bits per heavy atom. The van der Waals surface area contributed by atoms with E-state index in [4.69, 9.17) is 9.26 Å². The average Bonchev–Trinajstić information content (AvgIpc) is 3.14. The summed E-state index contributed by atoms with van der Waals surface area (Å²) in [5, 5.41) is 3.85. The minimum Gasteiger partial charge on any atom is -0.377 e. The van der Waals surface area contributed by atoms with E-state index in [-0.39, 0.29) is 11.9 Å². The summed E-state index contributed by atoms with van der Waals surface area (Å²) in [5.74, 6) is 0.605. The summed E-state index contributed by atoms with van der Waals surface area (Å²) in [6, 6.07) is 8.19. The number of ether oxygens (including phenoxy) is 1. The number of rotatable bonds is 5. The number of morpholine rings is 1. The van der Waals surface area contributed by atoms with Crippen LogP contribution in [0.2, 0.25) is 0 Å². The first-order chi connectivity index (χ1) is 11.3. The summed E-state index contributed by atoms with van der Waals surface area (Å²) in [4.78, 5) is 18.4. The van der Waals surface area contributed by atoms with Gasteiger partial charge in [0.15, 0.2) is 5.82 Å². The van der Waals surface area contributed by atoms with Crippen LogP contribution in [0.3, 0.4) is 0 Å². The molecule has 6 nitrogen and oxygen atoms in total. The molecule has 0 N–H and O–H groups in total. The Balaban J connectivity index is 1.61. The predicted octanol–water partition coefficient (Wildman–Crippen LogP) is 2.16. The van der Waals surface area contributed by atoms with Crippen molar-refractivity contribution < 1.29 is 14.1 Å². The van der Waals surface area contributed by atoms with Gasteiger partial charge in [0.05, 0.1) is 13.2 Å². The number of hydrogen-bond acceptors (Lipinski definition) is 5. The fourth-order valence-corrected chi connectivity index (χ4v) is 2.78. The number of amides is 1. The third-order valence-corrected chi connectivity index (χ3v) is 4.18. The van der Waals surface area contributed by atoms with Crippen LogP contribution in [0.1, 0.15) is 36.3 Å². The maximum Gasteiger partial charge on any atom is 0.223 e. The smallest absolute Gasteiger partial charge is 0.223 e. The van der Waals surface area contributed by atoms with Crippen molar-refractivity contribution >= 4 is 5.91 Å². The van der Waals surface area contributed by atoms with Crippen molar-refractivity contribution in [2.75, 3.05) is 19.8 Å². The average molecular weight is 315 g/mol. The lowest BCUT2D eigenvalue weighted by atomic mass is 10.1. The van der Waals surface area contributed by atoms with Gasteiger partial charge in [-0.3, -0.25) is 4.79 Å². The van der Waals surface area contributed by atoms with Crippen LogP contribution in [-0.2, 0) is 22.4 Å². The van der Waals surface area contributed by atoms with Gasteiger partial charge in [0.25, 0.3) is 0 Å². The molecule has 122 valence electrons. The molecule has 0 saturated carbocycles.